The second-order valence-electron chi connectivity index (χ2n) is 8.81. The Morgan fingerprint density at radius 2 is 1.65 bits per heavy atom. The molecule has 1 aromatic carbocycles. The molecule has 0 aliphatic carbocycles. The van der Waals surface area contributed by atoms with E-state index in [0.717, 1.165) is 5.56 Å². The van der Waals surface area contributed by atoms with Crippen molar-refractivity contribution >= 4 is 17.7 Å². The Morgan fingerprint density at radius 1 is 1.03 bits per heavy atom. The second-order valence-corrected chi connectivity index (χ2v) is 8.81. The number of rotatable bonds is 11. The van der Waals surface area contributed by atoms with Gasteiger partial charge >= 0.3 is 0 Å². The molecule has 0 saturated heterocycles. The summed E-state index contributed by atoms with van der Waals surface area (Å²) in [5.74, 6) is -1.44. The number of aryl methyl sites for hydroxylation is 1. The van der Waals surface area contributed by atoms with Crippen LogP contribution < -0.4 is 11.2 Å². The van der Waals surface area contributed by atoms with Gasteiger partial charge in [0.15, 0.2) is 0 Å². The van der Waals surface area contributed by atoms with Crippen molar-refractivity contribution < 1.29 is 19.6 Å². The standard InChI is InChI=1S/C23H38N4O4/c1-16(2)14-21(28)27(26(15-17(3)4)23(30)18(5)24)20(22(29)25-31)13-9-12-19-10-7-6-8-11-19/h6-8,10-11,16-18,20,31H,9,12-15,24H2,1-5H3,(H,25,29)/t18-,20?/m1/s1. The van der Waals surface area contributed by atoms with Crippen LogP contribution in [0.25, 0.3) is 0 Å². The molecular formula is C23H38N4O4. The molecule has 0 aliphatic heterocycles. The highest BCUT2D eigenvalue weighted by Crippen LogP contribution is 2.19. The molecule has 2 atom stereocenters. The van der Waals surface area contributed by atoms with Gasteiger partial charge in [-0.25, -0.2) is 15.5 Å². The van der Waals surface area contributed by atoms with Crippen molar-refractivity contribution in [3.8, 4) is 0 Å². The van der Waals surface area contributed by atoms with Crippen LogP contribution in [0.3, 0.4) is 0 Å². The predicted molar refractivity (Wildman–Crippen MR) is 120 cm³/mol. The van der Waals surface area contributed by atoms with Gasteiger partial charge in [0.25, 0.3) is 11.8 Å². The Labute approximate surface area is 185 Å². The van der Waals surface area contributed by atoms with Crippen molar-refractivity contribution in [1.82, 2.24) is 15.5 Å². The van der Waals surface area contributed by atoms with Gasteiger partial charge in [-0.1, -0.05) is 58.0 Å². The van der Waals surface area contributed by atoms with E-state index in [2.05, 4.69) is 0 Å². The second kappa shape index (κ2) is 13.1. The lowest BCUT2D eigenvalue weighted by molar-refractivity contribution is -0.176. The normalized spacial score (nSPS) is 13.1. The van der Waals surface area contributed by atoms with Crippen molar-refractivity contribution in [2.75, 3.05) is 6.54 Å². The summed E-state index contributed by atoms with van der Waals surface area (Å²) in [5, 5.41) is 11.9. The minimum Gasteiger partial charge on any atom is -0.320 e. The molecule has 31 heavy (non-hydrogen) atoms. The predicted octanol–water partition coefficient (Wildman–Crippen LogP) is 2.50. The van der Waals surface area contributed by atoms with Crippen LogP contribution in [0.15, 0.2) is 30.3 Å². The van der Waals surface area contributed by atoms with E-state index in [9.17, 15) is 19.6 Å². The average Bonchev–Trinajstić information content (AvgIpc) is 2.70. The number of hydrogen-bond donors (Lipinski definition) is 3. The molecule has 1 rings (SSSR count). The van der Waals surface area contributed by atoms with Crippen molar-refractivity contribution in [1.29, 1.82) is 0 Å². The summed E-state index contributed by atoms with van der Waals surface area (Å²) < 4.78 is 0. The van der Waals surface area contributed by atoms with Crippen LogP contribution in [-0.2, 0) is 20.8 Å². The lowest BCUT2D eigenvalue weighted by atomic mass is 10.0. The van der Waals surface area contributed by atoms with Crippen LogP contribution in [0.1, 0.15) is 59.4 Å². The van der Waals surface area contributed by atoms with Crippen molar-refractivity contribution in [2.45, 2.75) is 72.4 Å². The molecule has 0 saturated carbocycles. The van der Waals surface area contributed by atoms with Crippen molar-refractivity contribution in [2.24, 2.45) is 17.6 Å². The van der Waals surface area contributed by atoms with E-state index in [1.54, 1.807) is 12.4 Å². The Kier molecular flexibility index (Phi) is 11.2. The zero-order valence-corrected chi connectivity index (χ0v) is 19.4. The Bertz CT molecular complexity index is 707. The molecule has 4 N–H and O–H groups in total. The van der Waals surface area contributed by atoms with Crippen molar-refractivity contribution in [3.05, 3.63) is 35.9 Å². The summed E-state index contributed by atoms with van der Waals surface area (Å²) in [6.07, 6.45) is 1.74. The number of benzene rings is 1. The largest absolute Gasteiger partial charge is 0.320 e. The summed E-state index contributed by atoms with van der Waals surface area (Å²) in [6, 6.07) is 7.94. The fraction of sp³-hybridized carbons (Fsp3) is 0.609. The van der Waals surface area contributed by atoms with Crippen LogP contribution >= 0.6 is 0 Å². The molecule has 0 heterocycles. The van der Waals surface area contributed by atoms with Gasteiger partial charge < -0.3 is 5.73 Å². The molecule has 0 bridgehead atoms. The molecule has 1 aromatic rings. The first-order valence-electron chi connectivity index (χ1n) is 10.9. The third-order valence-corrected chi connectivity index (χ3v) is 4.77. The molecule has 3 amide bonds. The summed E-state index contributed by atoms with van der Waals surface area (Å²) in [6.45, 7) is 9.42. The highest BCUT2D eigenvalue weighted by molar-refractivity contribution is 5.90. The average molecular weight is 435 g/mol. The fourth-order valence-corrected chi connectivity index (χ4v) is 3.37. The summed E-state index contributed by atoms with van der Waals surface area (Å²) in [5.41, 5.74) is 8.64. The molecule has 174 valence electrons. The maximum atomic E-state index is 13.2. The monoisotopic (exact) mass is 434 g/mol. The Balaban J connectivity index is 3.26. The van der Waals surface area contributed by atoms with E-state index >= 15 is 0 Å². The molecule has 1 unspecified atom stereocenters. The van der Waals surface area contributed by atoms with Crippen molar-refractivity contribution in [3.63, 3.8) is 0 Å². The highest BCUT2D eigenvalue weighted by atomic mass is 16.5. The molecular weight excluding hydrogens is 396 g/mol. The number of amides is 3. The highest BCUT2D eigenvalue weighted by Gasteiger charge is 2.37. The van der Waals surface area contributed by atoms with Gasteiger partial charge in [0, 0.05) is 13.0 Å². The fourth-order valence-electron chi connectivity index (χ4n) is 3.37. The molecule has 0 aromatic heterocycles. The van der Waals surface area contributed by atoms with E-state index < -0.39 is 23.9 Å². The number of carbonyl (C=O) groups is 3. The smallest absolute Gasteiger partial charge is 0.268 e. The van der Waals surface area contributed by atoms with E-state index in [1.165, 1.54) is 10.0 Å². The van der Waals surface area contributed by atoms with Gasteiger partial charge in [-0.15, -0.1) is 0 Å². The van der Waals surface area contributed by atoms with Crippen LogP contribution in [0.4, 0.5) is 0 Å². The van der Waals surface area contributed by atoms with Crippen LogP contribution in [0, 0.1) is 11.8 Å². The number of hydrazine groups is 1. The zero-order valence-electron chi connectivity index (χ0n) is 19.4. The topological polar surface area (TPSA) is 116 Å². The minimum atomic E-state index is -1.03. The summed E-state index contributed by atoms with van der Waals surface area (Å²) >= 11 is 0. The van der Waals surface area contributed by atoms with Crippen LogP contribution in [0.2, 0.25) is 0 Å². The SMILES string of the molecule is CC(C)CC(=O)N(C(CCCc1ccccc1)C(=O)NO)N(CC(C)C)C(=O)[C@@H](C)N. The molecule has 8 nitrogen and oxygen atoms in total. The quantitative estimate of drug-likeness (QED) is 0.366. The summed E-state index contributed by atoms with van der Waals surface area (Å²) in [4.78, 5) is 38.8. The first-order chi connectivity index (χ1) is 14.6. The van der Waals surface area contributed by atoms with Gasteiger partial charge in [-0.3, -0.25) is 19.6 Å². The Hall–Kier alpha value is -2.45. The zero-order chi connectivity index (χ0) is 23.6. The number of carbonyl (C=O) groups excluding carboxylic acids is 3. The lowest BCUT2D eigenvalue weighted by Gasteiger charge is -2.41. The van der Waals surface area contributed by atoms with Gasteiger partial charge in [-0.2, -0.15) is 0 Å². The third-order valence-electron chi connectivity index (χ3n) is 4.77. The third kappa shape index (κ3) is 8.67. The van der Waals surface area contributed by atoms with Crippen LogP contribution in [0.5, 0.6) is 0 Å². The maximum Gasteiger partial charge on any atom is 0.268 e. The molecule has 0 aliphatic rings. The maximum absolute atomic E-state index is 13.2. The number of hydrogen-bond acceptors (Lipinski definition) is 5. The first kappa shape index (κ1) is 26.6. The van der Waals surface area contributed by atoms with Gasteiger partial charge in [0.2, 0.25) is 5.91 Å². The summed E-state index contributed by atoms with van der Waals surface area (Å²) in [7, 11) is 0. The first-order valence-corrected chi connectivity index (χ1v) is 10.9. The number of nitrogens with one attached hydrogen (secondary N) is 1. The lowest BCUT2D eigenvalue weighted by Crippen LogP contribution is -2.62. The Morgan fingerprint density at radius 3 is 2.13 bits per heavy atom. The van der Waals surface area contributed by atoms with E-state index in [1.807, 2.05) is 58.0 Å². The van der Waals surface area contributed by atoms with Crippen LogP contribution in [-0.4, -0.2) is 51.6 Å². The number of nitrogens with two attached hydrogens (primary N) is 1. The molecule has 0 spiro atoms. The minimum absolute atomic E-state index is 0.0310. The number of hydroxylamine groups is 1. The molecule has 0 fully saturated rings. The van der Waals surface area contributed by atoms with Gasteiger partial charge in [-0.05, 0) is 43.6 Å². The van der Waals surface area contributed by atoms with Gasteiger partial charge in [0.1, 0.15) is 6.04 Å². The molecule has 0 radical (unpaired) electrons. The molecule has 8 heteroatoms. The van der Waals surface area contributed by atoms with E-state index in [0.29, 0.717) is 12.8 Å². The van der Waals surface area contributed by atoms with Gasteiger partial charge in [0.05, 0.1) is 6.04 Å². The van der Waals surface area contributed by atoms with E-state index in [-0.39, 0.29) is 37.1 Å². The number of nitrogens with zero attached hydrogens (tertiary/aromatic N) is 2. The van der Waals surface area contributed by atoms with E-state index in [4.69, 9.17) is 5.73 Å².